The van der Waals surface area contributed by atoms with Gasteiger partial charge in [0.2, 0.25) is 0 Å². The molecular weight excluding hydrogens is 322 g/mol. The fourth-order valence-electron chi connectivity index (χ4n) is 2.00. The van der Waals surface area contributed by atoms with Crippen LogP contribution in [0.2, 0.25) is 0 Å². The van der Waals surface area contributed by atoms with Crippen LogP contribution < -0.4 is 9.84 Å². The Kier molecular flexibility index (Phi) is 5.57. The van der Waals surface area contributed by atoms with Gasteiger partial charge in [0, 0.05) is 18.1 Å². The number of para-hydroxylation sites is 1. The third-order valence-electron chi connectivity index (χ3n) is 3.06. The normalized spacial score (nSPS) is 16.4. The number of benzene rings is 1. The van der Waals surface area contributed by atoms with Crippen molar-refractivity contribution >= 4 is 46.3 Å². The number of rotatable bonds is 6. The number of hydrogen-bond donors (Lipinski definition) is 0. The zero-order valence-electron chi connectivity index (χ0n) is 11.9. The second-order valence-electron chi connectivity index (χ2n) is 4.55. The van der Waals surface area contributed by atoms with Crippen molar-refractivity contribution in [2.75, 3.05) is 13.7 Å². The van der Waals surface area contributed by atoms with Gasteiger partial charge < -0.3 is 14.6 Å². The highest BCUT2D eigenvalue weighted by atomic mass is 32.2. The average Bonchev–Trinajstić information content (AvgIpc) is 2.75. The quantitative estimate of drug-likeness (QED) is 0.578. The standard InChI is InChI=1S/C15H15NO4S2/c1-20-11-6-3-2-5-10(11)9-12-14(19)16(15(21)22-12)8-4-7-13(17)18/h2-3,5-6,9H,4,7-8H2,1H3,(H,17,18)/p-1/b12-9-. The van der Waals surface area contributed by atoms with Crippen LogP contribution in [0.15, 0.2) is 29.2 Å². The molecule has 0 saturated carbocycles. The van der Waals surface area contributed by atoms with Crippen LogP contribution in [0.4, 0.5) is 0 Å². The summed E-state index contributed by atoms with van der Waals surface area (Å²) in [6, 6.07) is 7.37. The summed E-state index contributed by atoms with van der Waals surface area (Å²) in [7, 11) is 1.57. The number of methoxy groups -OCH3 is 1. The summed E-state index contributed by atoms with van der Waals surface area (Å²) >= 11 is 6.39. The van der Waals surface area contributed by atoms with Crippen LogP contribution in [0.25, 0.3) is 6.08 Å². The number of thioether (sulfide) groups is 1. The minimum absolute atomic E-state index is 0.0946. The lowest BCUT2D eigenvalue weighted by Crippen LogP contribution is -2.30. The molecule has 1 saturated heterocycles. The summed E-state index contributed by atoms with van der Waals surface area (Å²) in [5, 5.41) is 10.4. The van der Waals surface area contributed by atoms with E-state index in [2.05, 4.69) is 0 Å². The molecule has 0 aromatic heterocycles. The first-order valence-corrected chi connectivity index (χ1v) is 7.83. The number of hydrogen-bond acceptors (Lipinski definition) is 6. The van der Waals surface area contributed by atoms with Crippen molar-refractivity contribution in [1.82, 2.24) is 4.90 Å². The van der Waals surface area contributed by atoms with Gasteiger partial charge in [-0.3, -0.25) is 9.69 Å². The van der Waals surface area contributed by atoms with E-state index in [1.165, 1.54) is 16.7 Å². The van der Waals surface area contributed by atoms with Crippen LogP contribution in [0.5, 0.6) is 5.75 Å². The molecule has 0 radical (unpaired) electrons. The lowest BCUT2D eigenvalue weighted by atomic mass is 10.2. The maximum atomic E-state index is 12.3. The number of carbonyl (C=O) groups excluding carboxylic acids is 2. The van der Waals surface area contributed by atoms with Gasteiger partial charge in [0.05, 0.1) is 12.0 Å². The Labute approximate surface area is 137 Å². The lowest BCUT2D eigenvalue weighted by Gasteiger charge is -2.14. The van der Waals surface area contributed by atoms with E-state index in [1.807, 2.05) is 24.3 Å². The monoisotopic (exact) mass is 336 g/mol. The van der Waals surface area contributed by atoms with Crippen molar-refractivity contribution in [2.45, 2.75) is 12.8 Å². The Bertz CT molecular complexity index is 642. The van der Waals surface area contributed by atoms with Gasteiger partial charge in [-0.05, 0) is 25.0 Å². The molecule has 1 aromatic rings. The van der Waals surface area contributed by atoms with Gasteiger partial charge in [-0.25, -0.2) is 0 Å². The van der Waals surface area contributed by atoms with E-state index in [1.54, 1.807) is 13.2 Å². The molecule has 0 N–H and O–H groups in total. The Morgan fingerprint density at radius 1 is 1.45 bits per heavy atom. The first-order chi connectivity index (χ1) is 10.5. The van der Waals surface area contributed by atoms with E-state index >= 15 is 0 Å². The van der Waals surface area contributed by atoms with E-state index in [0.717, 1.165) is 5.56 Å². The number of aliphatic carboxylic acids is 1. The number of amides is 1. The molecule has 1 amide bonds. The zero-order valence-corrected chi connectivity index (χ0v) is 13.5. The van der Waals surface area contributed by atoms with Crippen LogP contribution in [-0.2, 0) is 9.59 Å². The first kappa shape index (κ1) is 16.5. The number of thiocarbonyl (C=S) groups is 1. The molecule has 0 spiro atoms. The minimum atomic E-state index is -1.13. The molecule has 1 aromatic carbocycles. The maximum absolute atomic E-state index is 12.3. The maximum Gasteiger partial charge on any atom is 0.266 e. The van der Waals surface area contributed by atoms with E-state index in [4.69, 9.17) is 17.0 Å². The molecule has 22 heavy (non-hydrogen) atoms. The van der Waals surface area contributed by atoms with E-state index in [-0.39, 0.29) is 18.9 Å². The fourth-order valence-corrected chi connectivity index (χ4v) is 3.30. The van der Waals surface area contributed by atoms with Crippen molar-refractivity contribution in [3.8, 4) is 5.75 Å². The number of carboxylic acid groups (broad SMARTS) is 1. The summed E-state index contributed by atoms with van der Waals surface area (Å²) in [5.41, 5.74) is 0.792. The van der Waals surface area contributed by atoms with E-state index in [9.17, 15) is 14.7 Å². The molecule has 0 unspecified atom stereocenters. The molecule has 7 heteroatoms. The Morgan fingerprint density at radius 2 is 2.18 bits per heavy atom. The fraction of sp³-hybridized carbons (Fsp3) is 0.267. The molecule has 1 fully saturated rings. The molecule has 1 aliphatic rings. The van der Waals surface area contributed by atoms with Crippen molar-refractivity contribution in [1.29, 1.82) is 0 Å². The molecule has 0 atom stereocenters. The van der Waals surface area contributed by atoms with Crippen molar-refractivity contribution < 1.29 is 19.4 Å². The van der Waals surface area contributed by atoms with Crippen LogP contribution in [-0.4, -0.2) is 34.8 Å². The Morgan fingerprint density at radius 3 is 2.86 bits per heavy atom. The van der Waals surface area contributed by atoms with Gasteiger partial charge in [0.1, 0.15) is 10.1 Å². The number of ether oxygens (including phenoxy) is 1. The van der Waals surface area contributed by atoms with E-state index in [0.29, 0.717) is 21.4 Å². The average molecular weight is 336 g/mol. The molecule has 0 aliphatic carbocycles. The molecule has 1 aliphatic heterocycles. The number of nitrogens with zero attached hydrogens (tertiary/aromatic N) is 1. The largest absolute Gasteiger partial charge is 0.550 e. The highest BCUT2D eigenvalue weighted by Gasteiger charge is 2.31. The van der Waals surface area contributed by atoms with Crippen molar-refractivity contribution in [3.63, 3.8) is 0 Å². The first-order valence-electron chi connectivity index (χ1n) is 6.61. The predicted molar refractivity (Wildman–Crippen MR) is 87.1 cm³/mol. The van der Waals surface area contributed by atoms with Gasteiger partial charge >= 0.3 is 0 Å². The van der Waals surface area contributed by atoms with Crippen LogP contribution in [0.3, 0.4) is 0 Å². The lowest BCUT2D eigenvalue weighted by molar-refractivity contribution is -0.305. The second kappa shape index (κ2) is 7.42. The summed E-state index contributed by atoms with van der Waals surface area (Å²) < 4.78 is 5.69. The molecular formula is C15H14NO4S2-. The summed E-state index contributed by atoms with van der Waals surface area (Å²) in [6.07, 6.45) is 1.95. The number of carbonyl (C=O) groups is 2. The topological polar surface area (TPSA) is 69.7 Å². The van der Waals surface area contributed by atoms with Gasteiger partial charge in [0.25, 0.3) is 5.91 Å². The molecule has 1 heterocycles. The summed E-state index contributed by atoms with van der Waals surface area (Å²) in [5.74, 6) is -0.668. The number of carboxylic acids is 1. The van der Waals surface area contributed by atoms with Gasteiger partial charge in [-0.15, -0.1) is 0 Å². The van der Waals surface area contributed by atoms with E-state index < -0.39 is 5.97 Å². The Hall–Kier alpha value is -1.86. The van der Waals surface area contributed by atoms with Crippen LogP contribution in [0, 0.1) is 0 Å². The highest BCUT2D eigenvalue weighted by molar-refractivity contribution is 8.26. The van der Waals surface area contributed by atoms with Crippen LogP contribution >= 0.6 is 24.0 Å². The van der Waals surface area contributed by atoms with Crippen molar-refractivity contribution in [2.24, 2.45) is 0 Å². The molecule has 0 bridgehead atoms. The molecule has 5 nitrogen and oxygen atoms in total. The third-order valence-corrected chi connectivity index (χ3v) is 4.44. The SMILES string of the molecule is COc1ccccc1/C=C1\SC(=S)N(CCCC(=O)[O-])C1=O. The van der Waals surface area contributed by atoms with Gasteiger partial charge in [-0.2, -0.15) is 0 Å². The molecule has 116 valence electrons. The van der Waals surface area contributed by atoms with Gasteiger partial charge in [-0.1, -0.05) is 42.2 Å². The van der Waals surface area contributed by atoms with Gasteiger partial charge in [0.15, 0.2) is 0 Å². The summed E-state index contributed by atoms with van der Waals surface area (Å²) in [6.45, 7) is 0.280. The predicted octanol–water partition coefficient (Wildman–Crippen LogP) is 1.43. The zero-order chi connectivity index (χ0) is 16.1. The van der Waals surface area contributed by atoms with Crippen LogP contribution in [0.1, 0.15) is 18.4 Å². The second-order valence-corrected chi connectivity index (χ2v) is 6.23. The van der Waals surface area contributed by atoms with Crippen molar-refractivity contribution in [3.05, 3.63) is 34.7 Å². The summed E-state index contributed by atoms with van der Waals surface area (Å²) in [4.78, 5) is 24.7. The third kappa shape index (κ3) is 3.86. The Balaban J connectivity index is 2.13. The molecule has 2 rings (SSSR count). The smallest absolute Gasteiger partial charge is 0.266 e. The minimum Gasteiger partial charge on any atom is -0.550 e. The highest BCUT2D eigenvalue weighted by Crippen LogP contribution is 2.34.